The van der Waals surface area contributed by atoms with Crippen molar-refractivity contribution in [3.8, 4) is 0 Å². The van der Waals surface area contributed by atoms with E-state index in [1.54, 1.807) is 0 Å². The number of ether oxygens (including phenoxy) is 1. The monoisotopic (exact) mass is 287 g/mol. The fourth-order valence-electron chi connectivity index (χ4n) is 2.49. The maximum atomic E-state index is 12.3. The maximum absolute atomic E-state index is 12.3. The van der Waals surface area contributed by atoms with Gasteiger partial charge >= 0.3 is 6.09 Å². The van der Waals surface area contributed by atoms with Gasteiger partial charge in [-0.1, -0.05) is 42.5 Å². The van der Waals surface area contributed by atoms with E-state index in [1.807, 2.05) is 43.9 Å². The predicted octanol–water partition coefficient (Wildman–Crippen LogP) is 4.49. The third-order valence-corrected chi connectivity index (χ3v) is 3.49. The molecule has 0 aliphatic carbocycles. The minimum Gasteiger partial charge on any atom is -0.444 e. The highest BCUT2D eigenvalue weighted by Crippen LogP contribution is 2.22. The number of nitrogens with zero attached hydrogens (tertiary/aromatic N) is 1. The van der Waals surface area contributed by atoms with Crippen LogP contribution in [0.5, 0.6) is 0 Å². The molecule has 1 atom stereocenters. The number of hydrogen-bond acceptors (Lipinski definition) is 2. The summed E-state index contributed by atoms with van der Waals surface area (Å²) in [5.41, 5.74) is 0.717. The van der Waals surface area contributed by atoms with E-state index >= 15 is 0 Å². The fraction of sp³-hybridized carbons (Fsp3) is 0.500. The van der Waals surface area contributed by atoms with Crippen LogP contribution in [0.4, 0.5) is 4.79 Å². The van der Waals surface area contributed by atoms with Crippen molar-refractivity contribution in [2.45, 2.75) is 51.7 Å². The standard InChI is InChI=1S/C18H25NO2/c1-18(2,3)21-17(20)19-14-8-7-11-16(19)13-12-15-9-5-4-6-10-15/h4-6,9-10,12-13,16H,7-8,11,14H2,1-3H3/b13-12+/t16-/m1/s1. The molecule has 0 N–H and O–H groups in total. The molecule has 1 aromatic rings. The van der Waals surface area contributed by atoms with E-state index in [0.29, 0.717) is 0 Å². The first-order valence-corrected chi connectivity index (χ1v) is 7.68. The first kappa shape index (κ1) is 15.6. The highest BCUT2D eigenvalue weighted by molar-refractivity contribution is 5.69. The van der Waals surface area contributed by atoms with Crippen molar-refractivity contribution in [1.29, 1.82) is 0 Å². The molecule has 0 bridgehead atoms. The zero-order chi connectivity index (χ0) is 15.3. The van der Waals surface area contributed by atoms with Gasteiger partial charge in [-0.15, -0.1) is 0 Å². The van der Waals surface area contributed by atoms with Crippen LogP contribution in [0.1, 0.15) is 45.6 Å². The summed E-state index contributed by atoms with van der Waals surface area (Å²) in [7, 11) is 0. The van der Waals surface area contributed by atoms with Crippen molar-refractivity contribution in [2.24, 2.45) is 0 Å². The minimum atomic E-state index is -0.442. The van der Waals surface area contributed by atoms with Gasteiger partial charge in [-0.3, -0.25) is 0 Å². The molecule has 0 radical (unpaired) electrons. The number of benzene rings is 1. The van der Waals surface area contributed by atoms with E-state index in [4.69, 9.17) is 4.74 Å². The summed E-state index contributed by atoms with van der Waals surface area (Å²) in [4.78, 5) is 14.2. The minimum absolute atomic E-state index is 0.133. The van der Waals surface area contributed by atoms with Gasteiger partial charge in [0.1, 0.15) is 5.60 Å². The van der Waals surface area contributed by atoms with Gasteiger partial charge in [-0.25, -0.2) is 4.79 Å². The highest BCUT2D eigenvalue weighted by atomic mass is 16.6. The number of hydrogen-bond donors (Lipinski definition) is 0. The van der Waals surface area contributed by atoms with Gasteiger partial charge in [-0.05, 0) is 45.6 Å². The predicted molar refractivity (Wildman–Crippen MR) is 86.1 cm³/mol. The van der Waals surface area contributed by atoms with Crippen molar-refractivity contribution >= 4 is 12.2 Å². The molecule has 1 saturated heterocycles. The van der Waals surface area contributed by atoms with Gasteiger partial charge in [-0.2, -0.15) is 0 Å². The quantitative estimate of drug-likeness (QED) is 0.802. The topological polar surface area (TPSA) is 29.5 Å². The average molecular weight is 287 g/mol. The molecule has 3 nitrogen and oxygen atoms in total. The second kappa shape index (κ2) is 6.79. The molecular formula is C18H25NO2. The van der Waals surface area contributed by atoms with Crippen LogP contribution in [0, 0.1) is 0 Å². The van der Waals surface area contributed by atoms with Crippen molar-refractivity contribution in [3.63, 3.8) is 0 Å². The van der Waals surface area contributed by atoms with Crippen molar-refractivity contribution in [1.82, 2.24) is 4.90 Å². The fourth-order valence-corrected chi connectivity index (χ4v) is 2.49. The van der Waals surface area contributed by atoms with E-state index in [0.717, 1.165) is 31.4 Å². The van der Waals surface area contributed by atoms with Crippen molar-refractivity contribution < 1.29 is 9.53 Å². The van der Waals surface area contributed by atoms with E-state index in [-0.39, 0.29) is 12.1 Å². The van der Waals surface area contributed by atoms with Crippen LogP contribution in [-0.4, -0.2) is 29.2 Å². The Balaban J connectivity index is 2.05. The molecule has 2 rings (SSSR count). The summed E-state index contributed by atoms with van der Waals surface area (Å²) >= 11 is 0. The number of amides is 1. The van der Waals surface area contributed by atoms with E-state index < -0.39 is 5.60 Å². The summed E-state index contributed by atoms with van der Waals surface area (Å²) in [5.74, 6) is 0. The lowest BCUT2D eigenvalue weighted by Crippen LogP contribution is -2.45. The lowest BCUT2D eigenvalue weighted by Gasteiger charge is -2.35. The molecule has 1 aromatic carbocycles. The Kier molecular flexibility index (Phi) is 5.05. The molecule has 0 spiro atoms. The molecule has 1 amide bonds. The second-order valence-corrected chi connectivity index (χ2v) is 6.51. The van der Waals surface area contributed by atoms with Gasteiger partial charge in [0, 0.05) is 6.54 Å². The SMILES string of the molecule is CC(C)(C)OC(=O)N1CCCC[C@@H]1/C=C/c1ccccc1. The first-order chi connectivity index (χ1) is 9.96. The number of piperidine rings is 1. The molecule has 114 valence electrons. The molecule has 21 heavy (non-hydrogen) atoms. The van der Waals surface area contributed by atoms with Gasteiger partial charge < -0.3 is 9.64 Å². The first-order valence-electron chi connectivity index (χ1n) is 7.68. The molecule has 0 saturated carbocycles. The number of likely N-dealkylation sites (tertiary alicyclic amines) is 1. The van der Waals surface area contributed by atoms with Crippen LogP contribution >= 0.6 is 0 Å². The van der Waals surface area contributed by atoms with Gasteiger partial charge in [0.05, 0.1) is 6.04 Å². The Morgan fingerprint density at radius 2 is 1.95 bits per heavy atom. The largest absolute Gasteiger partial charge is 0.444 e. The van der Waals surface area contributed by atoms with Gasteiger partial charge in [0.25, 0.3) is 0 Å². The molecule has 3 heteroatoms. The summed E-state index contributed by atoms with van der Waals surface area (Å²) < 4.78 is 5.51. The third-order valence-electron chi connectivity index (χ3n) is 3.49. The zero-order valence-corrected chi connectivity index (χ0v) is 13.2. The molecular weight excluding hydrogens is 262 g/mol. The Labute approximate surface area is 127 Å². The van der Waals surface area contributed by atoms with Crippen LogP contribution in [0.15, 0.2) is 36.4 Å². The third kappa shape index (κ3) is 4.92. The Morgan fingerprint density at radius 1 is 1.24 bits per heavy atom. The number of carbonyl (C=O) groups excluding carboxylic acids is 1. The number of rotatable bonds is 2. The van der Waals surface area contributed by atoms with E-state index in [1.165, 1.54) is 0 Å². The zero-order valence-electron chi connectivity index (χ0n) is 13.2. The summed E-state index contributed by atoms with van der Waals surface area (Å²) in [5, 5.41) is 0. The summed E-state index contributed by atoms with van der Waals surface area (Å²) in [6.07, 6.45) is 7.22. The molecule has 1 aliphatic heterocycles. The lowest BCUT2D eigenvalue weighted by molar-refractivity contribution is 0.0150. The molecule has 1 aliphatic rings. The van der Waals surface area contributed by atoms with Gasteiger partial charge in [0.2, 0.25) is 0 Å². The highest BCUT2D eigenvalue weighted by Gasteiger charge is 2.28. The molecule has 0 aromatic heterocycles. The second-order valence-electron chi connectivity index (χ2n) is 6.51. The van der Waals surface area contributed by atoms with Crippen LogP contribution in [0.3, 0.4) is 0 Å². The number of carbonyl (C=O) groups is 1. The van der Waals surface area contributed by atoms with E-state index in [2.05, 4.69) is 24.3 Å². The van der Waals surface area contributed by atoms with Crippen LogP contribution in [-0.2, 0) is 4.74 Å². The Morgan fingerprint density at radius 3 is 2.62 bits per heavy atom. The van der Waals surface area contributed by atoms with E-state index in [9.17, 15) is 4.79 Å². The van der Waals surface area contributed by atoms with Crippen molar-refractivity contribution in [3.05, 3.63) is 42.0 Å². The molecule has 0 unspecified atom stereocenters. The van der Waals surface area contributed by atoms with Crippen LogP contribution in [0.25, 0.3) is 6.08 Å². The maximum Gasteiger partial charge on any atom is 0.410 e. The summed E-state index contributed by atoms with van der Waals surface area (Å²) in [6, 6.07) is 10.3. The van der Waals surface area contributed by atoms with Crippen LogP contribution in [0.2, 0.25) is 0 Å². The summed E-state index contributed by atoms with van der Waals surface area (Å²) in [6.45, 7) is 6.50. The average Bonchev–Trinajstić information content (AvgIpc) is 2.45. The van der Waals surface area contributed by atoms with Crippen LogP contribution < -0.4 is 0 Å². The van der Waals surface area contributed by atoms with Gasteiger partial charge in [0.15, 0.2) is 0 Å². The Hall–Kier alpha value is -1.77. The lowest BCUT2D eigenvalue weighted by atomic mass is 10.0. The Bertz CT molecular complexity index is 488. The smallest absolute Gasteiger partial charge is 0.410 e. The molecule has 1 fully saturated rings. The van der Waals surface area contributed by atoms with Crippen molar-refractivity contribution in [2.75, 3.05) is 6.54 Å². The normalized spacial score (nSPS) is 19.8. The molecule has 1 heterocycles.